The first kappa shape index (κ1) is 24.8. The van der Waals surface area contributed by atoms with E-state index in [0.29, 0.717) is 0 Å². The van der Waals surface area contributed by atoms with Crippen molar-refractivity contribution in [2.24, 2.45) is 11.8 Å². The molecule has 2 fully saturated rings. The van der Waals surface area contributed by atoms with Crippen LogP contribution in [0.2, 0.25) is 0 Å². The molecule has 0 heterocycles. The molecular weight excluding hydrogens is 476 g/mol. The molecule has 4 aliphatic rings. The van der Waals surface area contributed by atoms with E-state index in [1.165, 1.54) is 92.0 Å². The second-order valence-electron chi connectivity index (χ2n) is 9.99. The molecule has 0 spiro atoms. The van der Waals surface area contributed by atoms with E-state index in [2.05, 4.69) is 67.6 Å². The molecule has 0 bridgehead atoms. The molecule has 0 aliphatic heterocycles. The minimum absolute atomic E-state index is 1.02. The minimum atomic E-state index is 1.02. The third-order valence-corrected chi connectivity index (χ3v) is 9.58. The van der Waals surface area contributed by atoms with Crippen molar-refractivity contribution in [2.45, 2.75) is 84.0 Å². The van der Waals surface area contributed by atoms with Crippen molar-refractivity contribution >= 4 is 3.21 Å². The molecule has 0 atom stereocenters. The van der Waals surface area contributed by atoms with E-state index in [4.69, 9.17) is 0 Å². The molecule has 0 radical (unpaired) electrons. The van der Waals surface area contributed by atoms with E-state index in [0.717, 1.165) is 24.7 Å². The standard InChI is InChI=1S/C13H9.C13H22.C6H7.Zr/c1-3-7-12-10(5-1)9-11-6-2-4-8-13(11)12;1-3-7-12(8-4-1)11-13-9-5-2-6-10-13;1-6-4-2-3-5-6;/h1-5,7-8H,9H2;12-13H,1-10H2;2,4H,3H2,1H3;/q-1;;-1;+2. The number of rotatable bonds is 2. The van der Waals surface area contributed by atoms with Crippen LogP contribution in [0.5, 0.6) is 0 Å². The summed E-state index contributed by atoms with van der Waals surface area (Å²) in [5.74, 6) is 2.09. The Balaban J connectivity index is 0.000000127. The van der Waals surface area contributed by atoms with Gasteiger partial charge in [-0.3, -0.25) is 6.08 Å². The van der Waals surface area contributed by atoms with Crippen LogP contribution >= 0.6 is 0 Å². The van der Waals surface area contributed by atoms with Crippen LogP contribution in [0.1, 0.15) is 88.7 Å². The van der Waals surface area contributed by atoms with Gasteiger partial charge in [-0.25, -0.2) is 11.6 Å². The van der Waals surface area contributed by atoms with E-state index in [9.17, 15) is 0 Å². The van der Waals surface area contributed by atoms with E-state index in [-0.39, 0.29) is 0 Å². The van der Waals surface area contributed by atoms with Gasteiger partial charge in [-0.05, 0) is 6.42 Å². The largest absolute Gasteiger partial charge is 0.179 e. The molecule has 0 unspecified atom stereocenters. The van der Waals surface area contributed by atoms with Crippen molar-refractivity contribution in [1.82, 2.24) is 0 Å². The Morgan fingerprint density at radius 2 is 1.45 bits per heavy atom. The summed E-state index contributed by atoms with van der Waals surface area (Å²) in [6.07, 6.45) is 24.5. The van der Waals surface area contributed by atoms with Gasteiger partial charge < -0.3 is 0 Å². The van der Waals surface area contributed by atoms with Gasteiger partial charge in [-0.2, -0.15) is 35.9 Å². The molecule has 2 aromatic rings. The van der Waals surface area contributed by atoms with Crippen molar-refractivity contribution in [2.75, 3.05) is 0 Å². The van der Waals surface area contributed by atoms with Gasteiger partial charge in [0.1, 0.15) is 0 Å². The predicted octanol–water partition coefficient (Wildman–Crippen LogP) is 8.62. The molecule has 170 valence electrons. The SMILES string of the molecule is CC1=[C-]CC=C1.[Zr+2]=[C](C1CCCCC1)C1CCCCC1.[c-]1cccc2c1Cc1ccccc1-2. The molecule has 0 amide bonds. The van der Waals surface area contributed by atoms with Crippen LogP contribution in [0.25, 0.3) is 11.1 Å². The molecule has 0 saturated heterocycles. The Morgan fingerprint density at radius 1 is 0.818 bits per heavy atom. The first-order chi connectivity index (χ1) is 16.2. The fraction of sp³-hybridized carbons (Fsp3) is 0.469. The van der Waals surface area contributed by atoms with Gasteiger partial charge in [-0.1, -0.05) is 42.3 Å². The van der Waals surface area contributed by atoms with E-state index in [1.54, 1.807) is 24.2 Å². The first-order valence-corrected chi connectivity index (χ1v) is 14.4. The molecule has 6 rings (SSSR count). The van der Waals surface area contributed by atoms with Gasteiger partial charge in [0.25, 0.3) is 0 Å². The van der Waals surface area contributed by atoms with Crippen LogP contribution < -0.4 is 0 Å². The molecule has 0 aromatic heterocycles. The second-order valence-corrected chi connectivity index (χ2v) is 11.4. The van der Waals surface area contributed by atoms with Crippen molar-refractivity contribution < 1.29 is 24.2 Å². The number of allylic oxidation sites excluding steroid dienone is 4. The first-order valence-electron chi connectivity index (χ1n) is 13.1. The summed E-state index contributed by atoms with van der Waals surface area (Å²) >= 11 is 1.77. The summed E-state index contributed by atoms with van der Waals surface area (Å²) in [5, 5.41) is 0. The van der Waals surface area contributed by atoms with E-state index < -0.39 is 0 Å². The van der Waals surface area contributed by atoms with Crippen LogP contribution in [-0.2, 0) is 30.7 Å². The van der Waals surface area contributed by atoms with Gasteiger partial charge in [-0.15, -0.1) is 12.0 Å². The minimum Gasteiger partial charge on any atom is -0.179 e. The van der Waals surface area contributed by atoms with E-state index in [1.807, 2.05) is 9.27 Å². The van der Waals surface area contributed by atoms with Crippen molar-refractivity contribution in [1.29, 1.82) is 0 Å². The zero-order chi connectivity index (χ0) is 22.9. The average molecular weight is 514 g/mol. The molecular formula is C32H38Zr. The van der Waals surface area contributed by atoms with Crippen LogP contribution in [0.15, 0.2) is 60.2 Å². The molecule has 33 heavy (non-hydrogen) atoms. The average Bonchev–Trinajstić information content (AvgIpc) is 3.52. The normalized spacial score (nSPS) is 19.4. The summed E-state index contributed by atoms with van der Waals surface area (Å²) in [4.78, 5) is 0. The molecule has 0 nitrogen and oxygen atoms in total. The molecule has 2 saturated carbocycles. The van der Waals surface area contributed by atoms with Gasteiger partial charge in [0.15, 0.2) is 0 Å². The fourth-order valence-electron chi connectivity index (χ4n) is 5.67. The summed E-state index contributed by atoms with van der Waals surface area (Å²) in [7, 11) is 0. The maximum Gasteiger partial charge on any atom is -0.0253 e. The van der Waals surface area contributed by atoms with Crippen LogP contribution in [-0.4, -0.2) is 3.21 Å². The Kier molecular flexibility index (Phi) is 9.72. The quantitative estimate of drug-likeness (QED) is 0.301. The number of fused-ring (bicyclic) bond motifs is 3. The third kappa shape index (κ3) is 7.08. The summed E-state index contributed by atoms with van der Waals surface area (Å²) in [6, 6.07) is 18.1. The molecule has 0 N–H and O–H groups in total. The van der Waals surface area contributed by atoms with Gasteiger partial charge in [0, 0.05) is 0 Å². The maximum absolute atomic E-state index is 3.30. The third-order valence-electron chi connectivity index (χ3n) is 7.57. The Bertz CT molecular complexity index is 901. The van der Waals surface area contributed by atoms with Crippen LogP contribution in [0.4, 0.5) is 0 Å². The Labute approximate surface area is 216 Å². The number of benzene rings is 2. The predicted molar refractivity (Wildman–Crippen MR) is 138 cm³/mol. The van der Waals surface area contributed by atoms with Crippen LogP contribution in [0.3, 0.4) is 0 Å². The van der Waals surface area contributed by atoms with Crippen molar-refractivity contribution in [3.05, 3.63) is 83.5 Å². The Morgan fingerprint density at radius 3 is 2.03 bits per heavy atom. The second kappa shape index (κ2) is 12.9. The maximum atomic E-state index is 3.30. The zero-order valence-electron chi connectivity index (χ0n) is 20.3. The van der Waals surface area contributed by atoms with Gasteiger partial charge in [0.2, 0.25) is 0 Å². The fourth-order valence-corrected chi connectivity index (χ4v) is 7.09. The molecule has 4 aliphatic carbocycles. The van der Waals surface area contributed by atoms with Crippen LogP contribution in [0, 0.1) is 24.0 Å². The number of hydrogen-bond donors (Lipinski definition) is 0. The summed E-state index contributed by atoms with van der Waals surface area (Å²) < 4.78 is 1.97. The van der Waals surface area contributed by atoms with Crippen molar-refractivity contribution in [3.63, 3.8) is 0 Å². The zero-order valence-corrected chi connectivity index (χ0v) is 22.8. The monoisotopic (exact) mass is 512 g/mol. The smallest absolute Gasteiger partial charge is 0.0253 e. The summed E-state index contributed by atoms with van der Waals surface area (Å²) in [5.41, 5.74) is 6.78. The summed E-state index contributed by atoms with van der Waals surface area (Å²) in [6.45, 7) is 2.06. The van der Waals surface area contributed by atoms with Gasteiger partial charge in [0.05, 0.1) is 0 Å². The van der Waals surface area contributed by atoms with Crippen molar-refractivity contribution in [3.8, 4) is 11.1 Å². The molecule has 2 aromatic carbocycles. The Hall–Kier alpha value is -1.33. The van der Waals surface area contributed by atoms with E-state index >= 15 is 0 Å². The number of hydrogen-bond acceptors (Lipinski definition) is 0. The van der Waals surface area contributed by atoms with Gasteiger partial charge >= 0.3 is 103 Å². The topological polar surface area (TPSA) is 0 Å². The molecule has 1 heteroatoms.